The second kappa shape index (κ2) is 10.3. The van der Waals surface area contributed by atoms with Crippen LogP contribution in [0.4, 0.5) is 5.82 Å². The Bertz CT molecular complexity index is 768. The summed E-state index contributed by atoms with van der Waals surface area (Å²) in [5, 5.41) is 7.23. The smallest absolute Gasteiger partial charge is 0.191 e. The summed E-state index contributed by atoms with van der Waals surface area (Å²) >= 11 is 0. The zero-order valence-corrected chi connectivity index (χ0v) is 19.5. The SMILES string of the molecule is CN=C(NCC1(Cc2ccccc2)CC1)NC1CCN(c2ccccn2)CC1.I. The van der Waals surface area contributed by atoms with Crippen LogP contribution in [0.25, 0.3) is 0 Å². The number of aromatic nitrogens is 1. The highest BCUT2D eigenvalue weighted by molar-refractivity contribution is 14.0. The number of hydrogen-bond donors (Lipinski definition) is 2. The molecule has 0 unspecified atom stereocenters. The fourth-order valence-electron chi connectivity index (χ4n) is 4.07. The van der Waals surface area contributed by atoms with Gasteiger partial charge in [0.15, 0.2) is 5.96 Å². The van der Waals surface area contributed by atoms with Gasteiger partial charge in [0.1, 0.15) is 5.82 Å². The number of anilines is 1. The van der Waals surface area contributed by atoms with Gasteiger partial charge in [-0.1, -0.05) is 36.4 Å². The first kappa shape index (κ1) is 21.9. The van der Waals surface area contributed by atoms with E-state index in [9.17, 15) is 0 Å². The highest BCUT2D eigenvalue weighted by atomic mass is 127. The third-order valence-corrected chi connectivity index (χ3v) is 6.04. The van der Waals surface area contributed by atoms with Gasteiger partial charge in [0.25, 0.3) is 0 Å². The number of halogens is 1. The number of nitrogens with one attached hydrogen (secondary N) is 2. The Labute approximate surface area is 191 Å². The molecule has 1 aromatic carbocycles. The second-order valence-corrected chi connectivity index (χ2v) is 8.18. The normalized spacial score (nSPS) is 18.7. The first-order valence-electron chi connectivity index (χ1n) is 10.4. The first-order valence-corrected chi connectivity index (χ1v) is 10.4. The molecule has 156 valence electrons. The summed E-state index contributed by atoms with van der Waals surface area (Å²) in [5.41, 5.74) is 1.84. The van der Waals surface area contributed by atoms with Crippen molar-refractivity contribution in [3.8, 4) is 0 Å². The van der Waals surface area contributed by atoms with Crippen LogP contribution in [0.3, 0.4) is 0 Å². The van der Waals surface area contributed by atoms with Crippen molar-refractivity contribution >= 4 is 35.8 Å². The van der Waals surface area contributed by atoms with Gasteiger partial charge in [0.2, 0.25) is 0 Å². The number of piperidine rings is 1. The predicted molar refractivity (Wildman–Crippen MR) is 131 cm³/mol. The average molecular weight is 505 g/mol. The molecule has 0 bridgehead atoms. The topological polar surface area (TPSA) is 52.6 Å². The lowest BCUT2D eigenvalue weighted by atomic mass is 9.96. The standard InChI is InChI=1S/C23H31N5.HI/c1-24-22(26-18-23(12-13-23)17-19-7-3-2-4-8-19)27-20-10-15-28(16-11-20)21-9-5-6-14-25-21;/h2-9,14,20H,10-13,15-18H2,1H3,(H2,24,26,27);1H. The van der Waals surface area contributed by atoms with Gasteiger partial charge >= 0.3 is 0 Å². The Morgan fingerprint density at radius 2 is 1.83 bits per heavy atom. The number of guanidine groups is 1. The van der Waals surface area contributed by atoms with E-state index in [1.54, 1.807) is 0 Å². The van der Waals surface area contributed by atoms with Crippen molar-refractivity contribution in [3.63, 3.8) is 0 Å². The molecule has 1 saturated heterocycles. The van der Waals surface area contributed by atoms with Crippen LogP contribution in [0, 0.1) is 5.41 Å². The summed E-state index contributed by atoms with van der Waals surface area (Å²) in [6.45, 7) is 3.06. The number of pyridine rings is 1. The molecule has 0 spiro atoms. The van der Waals surface area contributed by atoms with Crippen molar-refractivity contribution in [2.24, 2.45) is 10.4 Å². The quantitative estimate of drug-likeness (QED) is 0.356. The molecule has 1 aromatic heterocycles. The number of hydrogen-bond acceptors (Lipinski definition) is 3. The van der Waals surface area contributed by atoms with Gasteiger partial charge in [0, 0.05) is 38.9 Å². The van der Waals surface area contributed by atoms with Crippen LogP contribution in [0.15, 0.2) is 59.7 Å². The van der Waals surface area contributed by atoms with E-state index in [-0.39, 0.29) is 24.0 Å². The lowest BCUT2D eigenvalue weighted by molar-refractivity contribution is 0.449. The molecular weight excluding hydrogens is 473 g/mol. The van der Waals surface area contributed by atoms with Crippen LogP contribution in [-0.4, -0.2) is 43.7 Å². The molecule has 2 N–H and O–H groups in total. The minimum Gasteiger partial charge on any atom is -0.356 e. The molecule has 1 aliphatic heterocycles. The van der Waals surface area contributed by atoms with Crippen LogP contribution in [0.1, 0.15) is 31.2 Å². The van der Waals surface area contributed by atoms with Gasteiger partial charge in [0.05, 0.1) is 0 Å². The van der Waals surface area contributed by atoms with E-state index < -0.39 is 0 Å². The van der Waals surface area contributed by atoms with Gasteiger partial charge in [-0.15, -0.1) is 24.0 Å². The van der Waals surface area contributed by atoms with E-state index >= 15 is 0 Å². The summed E-state index contributed by atoms with van der Waals surface area (Å²) in [6, 6.07) is 17.4. The van der Waals surface area contributed by atoms with Gasteiger partial charge in [-0.05, 0) is 55.2 Å². The van der Waals surface area contributed by atoms with Gasteiger partial charge in [-0.2, -0.15) is 0 Å². The number of aliphatic imine (C=N–C) groups is 1. The Hall–Kier alpha value is -1.83. The van der Waals surface area contributed by atoms with Crippen LogP contribution >= 0.6 is 24.0 Å². The zero-order chi connectivity index (χ0) is 19.2. The van der Waals surface area contributed by atoms with Crippen molar-refractivity contribution < 1.29 is 0 Å². The lowest BCUT2D eigenvalue weighted by Crippen LogP contribution is -2.49. The minimum absolute atomic E-state index is 0. The van der Waals surface area contributed by atoms with Crippen molar-refractivity contribution in [3.05, 3.63) is 60.3 Å². The van der Waals surface area contributed by atoms with E-state index in [0.717, 1.165) is 50.7 Å². The fourth-order valence-corrected chi connectivity index (χ4v) is 4.07. The molecular formula is C23H32IN5. The molecule has 2 fully saturated rings. The molecule has 0 atom stereocenters. The predicted octanol–water partition coefficient (Wildman–Crippen LogP) is 3.86. The van der Waals surface area contributed by atoms with E-state index in [4.69, 9.17) is 0 Å². The molecule has 6 heteroatoms. The molecule has 1 aliphatic carbocycles. The summed E-state index contributed by atoms with van der Waals surface area (Å²) in [6.07, 6.45) is 7.83. The Kier molecular flexibility index (Phi) is 7.75. The minimum atomic E-state index is 0. The Balaban J connectivity index is 0.00000240. The van der Waals surface area contributed by atoms with Crippen LogP contribution in [0.5, 0.6) is 0 Å². The van der Waals surface area contributed by atoms with Crippen molar-refractivity contribution in [2.75, 3.05) is 31.6 Å². The number of rotatable bonds is 6. The molecule has 5 nitrogen and oxygen atoms in total. The highest BCUT2D eigenvalue weighted by Crippen LogP contribution is 2.47. The van der Waals surface area contributed by atoms with Crippen LogP contribution in [0.2, 0.25) is 0 Å². The molecule has 2 aromatic rings. The number of benzene rings is 1. The zero-order valence-electron chi connectivity index (χ0n) is 17.2. The summed E-state index contributed by atoms with van der Waals surface area (Å²) in [5.74, 6) is 2.02. The Morgan fingerprint density at radius 1 is 1.10 bits per heavy atom. The Morgan fingerprint density at radius 3 is 2.45 bits per heavy atom. The maximum absolute atomic E-state index is 4.47. The third-order valence-electron chi connectivity index (χ3n) is 6.04. The molecule has 1 saturated carbocycles. The molecule has 0 amide bonds. The van der Waals surface area contributed by atoms with Gasteiger partial charge in [-0.25, -0.2) is 4.98 Å². The third kappa shape index (κ3) is 6.07. The van der Waals surface area contributed by atoms with E-state index in [1.807, 2.05) is 19.3 Å². The summed E-state index contributed by atoms with van der Waals surface area (Å²) < 4.78 is 0. The molecule has 2 heterocycles. The van der Waals surface area contributed by atoms with Gasteiger partial charge in [-0.3, -0.25) is 4.99 Å². The van der Waals surface area contributed by atoms with E-state index in [0.29, 0.717) is 11.5 Å². The van der Waals surface area contributed by atoms with Crippen molar-refractivity contribution in [1.29, 1.82) is 0 Å². The average Bonchev–Trinajstić information content (AvgIpc) is 3.52. The van der Waals surface area contributed by atoms with E-state index in [2.05, 4.69) is 68.0 Å². The van der Waals surface area contributed by atoms with Gasteiger partial charge < -0.3 is 15.5 Å². The maximum atomic E-state index is 4.47. The second-order valence-electron chi connectivity index (χ2n) is 8.18. The highest BCUT2D eigenvalue weighted by Gasteiger charge is 2.42. The summed E-state index contributed by atoms with van der Waals surface area (Å²) in [4.78, 5) is 11.3. The monoisotopic (exact) mass is 505 g/mol. The fraction of sp³-hybridized carbons (Fsp3) is 0.478. The number of nitrogens with zero attached hydrogens (tertiary/aromatic N) is 3. The van der Waals surface area contributed by atoms with Crippen molar-refractivity contribution in [2.45, 2.75) is 38.1 Å². The molecule has 2 aliphatic rings. The largest absolute Gasteiger partial charge is 0.356 e. The van der Waals surface area contributed by atoms with Crippen molar-refractivity contribution in [1.82, 2.24) is 15.6 Å². The maximum Gasteiger partial charge on any atom is 0.191 e. The molecule has 0 radical (unpaired) electrons. The lowest BCUT2D eigenvalue weighted by Gasteiger charge is -2.34. The summed E-state index contributed by atoms with van der Waals surface area (Å²) in [7, 11) is 1.87. The van der Waals surface area contributed by atoms with Crippen LogP contribution < -0.4 is 15.5 Å². The van der Waals surface area contributed by atoms with E-state index in [1.165, 1.54) is 18.4 Å². The van der Waals surface area contributed by atoms with Crippen LogP contribution in [-0.2, 0) is 6.42 Å². The molecule has 4 rings (SSSR count). The first-order chi connectivity index (χ1) is 13.8. The molecule has 29 heavy (non-hydrogen) atoms.